The van der Waals surface area contributed by atoms with E-state index in [4.69, 9.17) is 0 Å². The average Bonchev–Trinajstić information content (AvgIpc) is 2.22. The van der Waals surface area contributed by atoms with Crippen molar-refractivity contribution in [2.45, 2.75) is 78.3 Å². The number of nitrogens with one attached hydrogen (secondary N) is 1. The van der Waals surface area contributed by atoms with Crippen LogP contribution in [0.2, 0.25) is 0 Å². The fourth-order valence-corrected chi connectivity index (χ4v) is 2.75. The Bertz CT molecular complexity index is 226. The van der Waals surface area contributed by atoms with Gasteiger partial charge in [0.1, 0.15) is 0 Å². The summed E-state index contributed by atoms with van der Waals surface area (Å²) in [5.41, 5.74) is 0.633. The Morgan fingerprint density at radius 3 is 2.00 bits per heavy atom. The number of hydrogen-bond donors (Lipinski definition) is 1. The molecule has 0 unspecified atom stereocenters. The van der Waals surface area contributed by atoms with Gasteiger partial charge in [-0.15, -0.1) is 0 Å². The van der Waals surface area contributed by atoms with Gasteiger partial charge in [0.25, 0.3) is 0 Å². The highest BCUT2D eigenvalue weighted by molar-refractivity contribution is 4.82. The molecule has 0 bridgehead atoms. The number of hydrogen-bond acceptors (Lipinski definition) is 2. The van der Waals surface area contributed by atoms with Crippen molar-refractivity contribution in [1.29, 1.82) is 0 Å². The van der Waals surface area contributed by atoms with Crippen LogP contribution in [-0.2, 0) is 0 Å². The molecule has 1 heterocycles. The van der Waals surface area contributed by atoms with Crippen LogP contribution in [0.3, 0.4) is 0 Å². The minimum Gasteiger partial charge on any atom is -0.312 e. The zero-order valence-corrected chi connectivity index (χ0v) is 13.5. The van der Waals surface area contributed by atoms with E-state index in [0.717, 1.165) is 5.92 Å². The summed E-state index contributed by atoms with van der Waals surface area (Å²) in [5.74, 6) is 0.963. The first-order chi connectivity index (χ1) is 8.18. The highest BCUT2D eigenvalue weighted by Crippen LogP contribution is 2.26. The lowest BCUT2D eigenvalue weighted by Crippen LogP contribution is -2.46. The second-order valence-corrected chi connectivity index (χ2v) is 7.92. The van der Waals surface area contributed by atoms with Crippen LogP contribution in [0.15, 0.2) is 0 Å². The molecule has 1 rings (SSSR count). The monoisotopic (exact) mass is 254 g/mol. The summed E-state index contributed by atoms with van der Waals surface area (Å²) in [6.45, 7) is 17.5. The van der Waals surface area contributed by atoms with E-state index >= 15 is 0 Å². The van der Waals surface area contributed by atoms with Crippen molar-refractivity contribution in [1.82, 2.24) is 10.2 Å². The molecule has 0 aromatic heterocycles. The lowest BCUT2D eigenvalue weighted by molar-refractivity contribution is 0.0847. The van der Waals surface area contributed by atoms with E-state index in [1.165, 1.54) is 45.3 Å². The predicted octanol–water partition coefficient (Wildman–Crippen LogP) is 3.67. The van der Waals surface area contributed by atoms with Gasteiger partial charge in [0.05, 0.1) is 0 Å². The Hall–Kier alpha value is -0.0800. The Labute approximate surface area is 115 Å². The van der Waals surface area contributed by atoms with Crippen LogP contribution in [-0.4, -0.2) is 35.6 Å². The molecule has 0 aromatic carbocycles. The molecule has 0 atom stereocenters. The van der Waals surface area contributed by atoms with Gasteiger partial charge in [-0.2, -0.15) is 0 Å². The van der Waals surface area contributed by atoms with Crippen molar-refractivity contribution in [3.8, 4) is 0 Å². The minimum absolute atomic E-state index is 0.273. The minimum atomic E-state index is 0.273. The van der Waals surface area contributed by atoms with Gasteiger partial charge in [-0.25, -0.2) is 0 Å². The van der Waals surface area contributed by atoms with Gasteiger partial charge in [-0.05, 0) is 92.8 Å². The predicted molar refractivity (Wildman–Crippen MR) is 81.0 cm³/mol. The second-order valence-electron chi connectivity index (χ2n) is 7.92. The zero-order valence-electron chi connectivity index (χ0n) is 13.5. The van der Waals surface area contributed by atoms with Crippen molar-refractivity contribution in [3.05, 3.63) is 0 Å². The number of rotatable bonds is 4. The Morgan fingerprint density at radius 2 is 1.56 bits per heavy atom. The van der Waals surface area contributed by atoms with Crippen LogP contribution >= 0.6 is 0 Å². The molecular weight excluding hydrogens is 220 g/mol. The Morgan fingerprint density at radius 1 is 1.00 bits per heavy atom. The molecule has 0 aliphatic carbocycles. The van der Waals surface area contributed by atoms with Crippen molar-refractivity contribution in [3.63, 3.8) is 0 Å². The van der Waals surface area contributed by atoms with Crippen molar-refractivity contribution in [2.24, 2.45) is 5.92 Å². The van der Waals surface area contributed by atoms with E-state index in [1.54, 1.807) is 0 Å². The van der Waals surface area contributed by atoms with Crippen LogP contribution in [0.5, 0.6) is 0 Å². The maximum atomic E-state index is 3.58. The summed E-state index contributed by atoms with van der Waals surface area (Å²) in [6, 6.07) is 0. The summed E-state index contributed by atoms with van der Waals surface area (Å²) in [6.07, 6.45) is 5.53. The molecule has 0 amide bonds. The molecule has 1 aliphatic heterocycles. The fraction of sp³-hybridized carbons (Fsp3) is 1.00. The first-order valence-corrected chi connectivity index (χ1v) is 7.68. The largest absolute Gasteiger partial charge is 0.312 e. The normalized spacial score (nSPS) is 20.3. The molecule has 1 aliphatic rings. The third-order valence-corrected chi connectivity index (χ3v) is 4.01. The molecule has 1 saturated heterocycles. The van der Waals surface area contributed by atoms with Gasteiger partial charge in [-0.3, -0.25) is 4.90 Å². The van der Waals surface area contributed by atoms with Crippen LogP contribution < -0.4 is 5.32 Å². The van der Waals surface area contributed by atoms with Crippen LogP contribution in [0, 0.1) is 5.92 Å². The van der Waals surface area contributed by atoms with Gasteiger partial charge < -0.3 is 5.32 Å². The van der Waals surface area contributed by atoms with Gasteiger partial charge in [0, 0.05) is 11.1 Å². The third-order valence-electron chi connectivity index (χ3n) is 4.01. The van der Waals surface area contributed by atoms with Crippen LogP contribution in [0.1, 0.15) is 67.2 Å². The van der Waals surface area contributed by atoms with Crippen molar-refractivity contribution >= 4 is 0 Å². The van der Waals surface area contributed by atoms with Gasteiger partial charge in [-0.1, -0.05) is 0 Å². The van der Waals surface area contributed by atoms with Gasteiger partial charge >= 0.3 is 0 Å². The van der Waals surface area contributed by atoms with E-state index in [9.17, 15) is 0 Å². The molecule has 1 fully saturated rings. The number of nitrogens with zero attached hydrogens (tertiary/aromatic N) is 1. The SMILES string of the molecule is CC(C)(C)NCCCC1CCN(C(C)(C)C)CC1. The van der Waals surface area contributed by atoms with E-state index < -0.39 is 0 Å². The maximum Gasteiger partial charge on any atom is 0.0125 e. The average molecular weight is 254 g/mol. The summed E-state index contributed by atoms with van der Waals surface area (Å²) < 4.78 is 0. The molecular formula is C16H34N2. The fourth-order valence-electron chi connectivity index (χ4n) is 2.75. The lowest BCUT2D eigenvalue weighted by atomic mass is 9.89. The first kappa shape index (κ1) is 16.0. The molecule has 0 saturated carbocycles. The quantitative estimate of drug-likeness (QED) is 0.770. The molecule has 0 aromatic rings. The smallest absolute Gasteiger partial charge is 0.0125 e. The molecule has 2 heteroatoms. The molecule has 2 nitrogen and oxygen atoms in total. The summed E-state index contributed by atoms with van der Waals surface area (Å²) in [5, 5.41) is 3.58. The zero-order chi connectivity index (χ0) is 13.8. The van der Waals surface area contributed by atoms with Gasteiger partial charge in [0.15, 0.2) is 0 Å². The maximum absolute atomic E-state index is 3.58. The first-order valence-electron chi connectivity index (χ1n) is 7.68. The molecule has 0 spiro atoms. The summed E-state index contributed by atoms with van der Waals surface area (Å²) >= 11 is 0. The topological polar surface area (TPSA) is 15.3 Å². The van der Waals surface area contributed by atoms with E-state index in [2.05, 4.69) is 51.8 Å². The Balaban J connectivity index is 2.13. The highest BCUT2D eigenvalue weighted by Gasteiger charge is 2.26. The molecule has 0 radical (unpaired) electrons. The van der Waals surface area contributed by atoms with Gasteiger partial charge in [0.2, 0.25) is 0 Å². The highest BCUT2D eigenvalue weighted by atomic mass is 15.2. The third kappa shape index (κ3) is 6.19. The number of piperidine rings is 1. The molecule has 108 valence electrons. The van der Waals surface area contributed by atoms with Crippen molar-refractivity contribution in [2.75, 3.05) is 19.6 Å². The van der Waals surface area contributed by atoms with E-state index in [0.29, 0.717) is 5.54 Å². The Kier molecular flexibility index (Phi) is 5.67. The van der Waals surface area contributed by atoms with Crippen molar-refractivity contribution < 1.29 is 0 Å². The second kappa shape index (κ2) is 6.38. The van der Waals surface area contributed by atoms with E-state index in [-0.39, 0.29) is 5.54 Å². The summed E-state index contributed by atoms with van der Waals surface area (Å²) in [4.78, 5) is 2.64. The summed E-state index contributed by atoms with van der Waals surface area (Å²) in [7, 11) is 0. The van der Waals surface area contributed by atoms with Crippen LogP contribution in [0.4, 0.5) is 0 Å². The number of likely N-dealkylation sites (tertiary alicyclic amines) is 1. The van der Waals surface area contributed by atoms with E-state index in [1.807, 2.05) is 0 Å². The molecule has 1 N–H and O–H groups in total. The lowest BCUT2D eigenvalue weighted by Gasteiger charge is -2.41. The standard InChI is InChI=1S/C16H34N2/c1-15(2,3)17-11-7-8-14-9-12-18(13-10-14)16(4,5)6/h14,17H,7-13H2,1-6H3. The molecule has 18 heavy (non-hydrogen) atoms. The van der Waals surface area contributed by atoms with Crippen LogP contribution in [0.25, 0.3) is 0 Å².